The Bertz CT molecular complexity index is 1050. The molecule has 1 aliphatic carbocycles. The summed E-state index contributed by atoms with van der Waals surface area (Å²) in [6, 6.07) is 8.07. The van der Waals surface area contributed by atoms with Crippen LogP contribution in [0.4, 0.5) is 0 Å². The summed E-state index contributed by atoms with van der Waals surface area (Å²) in [5.41, 5.74) is 3.84. The van der Waals surface area contributed by atoms with Crippen molar-refractivity contribution in [1.82, 2.24) is 14.3 Å². The minimum absolute atomic E-state index is 0.0299. The van der Waals surface area contributed by atoms with Crippen molar-refractivity contribution in [2.45, 2.75) is 19.8 Å². The second-order valence-electron chi connectivity index (χ2n) is 6.21. The van der Waals surface area contributed by atoms with Gasteiger partial charge in [-0.1, -0.05) is 30.4 Å². The number of hydrogen-bond acceptors (Lipinski definition) is 2. The van der Waals surface area contributed by atoms with Crippen LogP contribution in [0.1, 0.15) is 18.5 Å². The number of hydrogen-bond donors (Lipinski definition) is 0. The SMILES string of the molecule is Cc1cc2cccc(-c3cnn(C)c3)c2c(=O)n1C1=CCCC=C1. The molecule has 4 nitrogen and oxygen atoms in total. The van der Waals surface area contributed by atoms with Gasteiger partial charge in [-0.05, 0) is 42.9 Å². The Kier molecular flexibility index (Phi) is 3.45. The van der Waals surface area contributed by atoms with E-state index in [1.54, 1.807) is 10.9 Å². The summed E-state index contributed by atoms with van der Waals surface area (Å²) in [6.07, 6.45) is 12.0. The fourth-order valence-corrected chi connectivity index (χ4v) is 3.38. The van der Waals surface area contributed by atoms with Gasteiger partial charge in [0.15, 0.2) is 0 Å². The van der Waals surface area contributed by atoms with E-state index in [0.29, 0.717) is 0 Å². The van der Waals surface area contributed by atoms with E-state index in [1.165, 1.54) is 0 Å². The predicted octanol–water partition coefficient (Wildman–Crippen LogP) is 3.90. The normalized spacial score (nSPS) is 14.2. The van der Waals surface area contributed by atoms with Gasteiger partial charge >= 0.3 is 0 Å². The molecule has 3 aromatic rings. The van der Waals surface area contributed by atoms with Gasteiger partial charge in [0.05, 0.1) is 11.6 Å². The van der Waals surface area contributed by atoms with Crippen molar-refractivity contribution < 1.29 is 0 Å². The van der Waals surface area contributed by atoms with E-state index in [9.17, 15) is 4.79 Å². The van der Waals surface area contributed by atoms with E-state index in [-0.39, 0.29) is 5.56 Å². The number of rotatable bonds is 2. The number of aryl methyl sites for hydroxylation is 2. The minimum atomic E-state index is 0.0299. The van der Waals surface area contributed by atoms with Crippen molar-refractivity contribution in [1.29, 1.82) is 0 Å². The molecular weight excluding hydrogens is 298 g/mol. The minimum Gasteiger partial charge on any atom is -0.281 e. The molecule has 0 fully saturated rings. The first-order valence-corrected chi connectivity index (χ1v) is 8.16. The molecule has 2 aromatic heterocycles. The van der Waals surface area contributed by atoms with Crippen LogP contribution in [0.25, 0.3) is 27.6 Å². The van der Waals surface area contributed by atoms with Crippen molar-refractivity contribution >= 4 is 16.5 Å². The predicted molar refractivity (Wildman–Crippen MR) is 97.8 cm³/mol. The summed E-state index contributed by atoms with van der Waals surface area (Å²) in [6.45, 7) is 1.99. The number of benzene rings is 1. The molecule has 0 radical (unpaired) electrons. The lowest BCUT2D eigenvalue weighted by Crippen LogP contribution is -2.22. The zero-order chi connectivity index (χ0) is 16.7. The zero-order valence-electron chi connectivity index (χ0n) is 13.9. The summed E-state index contributed by atoms with van der Waals surface area (Å²) in [7, 11) is 1.88. The molecule has 1 aromatic carbocycles. The number of nitrogens with zero attached hydrogens (tertiary/aromatic N) is 3. The lowest BCUT2D eigenvalue weighted by Gasteiger charge is -2.16. The third-order valence-corrected chi connectivity index (χ3v) is 4.48. The van der Waals surface area contributed by atoms with Gasteiger partial charge in [0, 0.05) is 30.2 Å². The van der Waals surface area contributed by atoms with Crippen molar-refractivity contribution in [2.24, 2.45) is 7.05 Å². The molecule has 0 spiro atoms. The van der Waals surface area contributed by atoms with E-state index in [1.807, 2.05) is 49.0 Å². The lowest BCUT2D eigenvalue weighted by atomic mass is 10.0. The fraction of sp³-hybridized carbons (Fsp3) is 0.200. The van der Waals surface area contributed by atoms with Gasteiger partial charge in [-0.3, -0.25) is 14.0 Å². The molecule has 0 aliphatic heterocycles. The highest BCUT2D eigenvalue weighted by Gasteiger charge is 2.14. The average Bonchev–Trinajstić information content (AvgIpc) is 3.01. The Morgan fingerprint density at radius 2 is 2.08 bits per heavy atom. The monoisotopic (exact) mass is 317 g/mol. The maximum atomic E-state index is 13.3. The second-order valence-corrected chi connectivity index (χ2v) is 6.21. The summed E-state index contributed by atoms with van der Waals surface area (Å²) in [5.74, 6) is 0. The zero-order valence-corrected chi connectivity index (χ0v) is 13.9. The highest BCUT2D eigenvalue weighted by Crippen LogP contribution is 2.27. The molecule has 1 aliphatic rings. The lowest BCUT2D eigenvalue weighted by molar-refractivity contribution is 0.768. The van der Waals surface area contributed by atoms with Crippen molar-refractivity contribution in [3.05, 3.63) is 70.9 Å². The molecule has 0 unspecified atom stereocenters. The van der Waals surface area contributed by atoms with Gasteiger partial charge in [0.2, 0.25) is 0 Å². The van der Waals surface area contributed by atoms with Crippen LogP contribution in [0, 0.1) is 6.92 Å². The van der Waals surface area contributed by atoms with E-state index >= 15 is 0 Å². The van der Waals surface area contributed by atoms with Crippen molar-refractivity contribution in [3.8, 4) is 11.1 Å². The molecule has 0 saturated heterocycles. The first kappa shape index (κ1) is 14.7. The van der Waals surface area contributed by atoms with Crippen LogP contribution >= 0.6 is 0 Å². The van der Waals surface area contributed by atoms with Crippen molar-refractivity contribution in [2.75, 3.05) is 0 Å². The Hall–Kier alpha value is -2.88. The average molecular weight is 317 g/mol. The van der Waals surface area contributed by atoms with E-state index in [4.69, 9.17) is 0 Å². The van der Waals surface area contributed by atoms with Gasteiger partial charge in [-0.25, -0.2) is 0 Å². The van der Waals surface area contributed by atoms with Crippen LogP contribution in [-0.4, -0.2) is 14.3 Å². The van der Waals surface area contributed by atoms with E-state index in [2.05, 4.69) is 23.3 Å². The number of aromatic nitrogens is 3. The molecule has 4 rings (SSSR count). The molecule has 2 heterocycles. The Morgan fingerprint density at radius 3 is 2.79 bits per heavy atom. The molecule has 24 heavy (non-hydrogen) atoms. The first-order valence-electron chi connectivity index (χ1n) is 8.16. The summed E-state index contributed by atoms with van der Waals surface area (Å²) >= 11 is 0. The van der Waals surface area contributed by atoms with Crippen LogP contribution < -0.4 is 5.56 Å². The molecule has 120 valence electrons. The van der Waals surface area contributed by atoms with Gasteiger partial charge in [-0.15, -0.1) is 0 Å². The van der Waals surface area contributed by atoms with Gasteiger partial charge in [0.1, 0.15) is 0 Å². The Morgan fingerprint density at radius 1 is 1.21 bits per heavy atom. The highest BCUT2D eigenvalue weighted by atomic mass is 16.1. The van der Waals surface area contributed by atoms with Gasteiger partial charge < -0.3 is 0 Å². The van der Waals surface area contributed by atoms with E-state index < -0.39 is 0 Å². The molecule has 0 N–H and O–H groups in total. The van der Waals surface area contributed by atoms with Crippen molar-refractivity contribution in [3.63, 3.8) is 0 Å². The molecular formula is C20H19N3O. The highest BCUT2D eigenvalue weighted by molar-refractivity contribution is 5.96. The molecule has 0 saturated carbocycles. The van der Waals surface area contributed by atoms with Crippen LogP contribution in [0.3, 0.4) is 0 Å². The number of pyridine rings is 1. The first-order chi connectivity index (χ1) is 11.6. The van der Waals surface area contributed by atoms with Crippen LogP contribution in [0.15, 0.2) is 59.7 Å². The topological polar surface area (TPSA) is 39.8 Å². The second kappa shape index (κ2) is 5.64. The molecule has 4 heteroatoms. The maximum absolute atomic E-state index is 13.3. The largest absolute Gasteiger partial charge is 0.281 e. The summed E-state index contributed by atoms with van der Waals surface area (Å²) in [5, 5.41) is 5.96. The maximum Gasteiger partial charge on any atom is 0.263 e. The number of allylic oxidation sites excluding steroid dienone is 4. The standard InChI is InChI=1S/C20H19N3O/c1-14-11-15-7-6-10-18(16-12-21-22(2)13-16)19(15)20(24)23(14)17-8-4-3-5-9-17/h4,6-13H,3,5H2,1-2H3. The third kappa shape index (κ3) is 2.31. The molecule has 0 amide bonds. The third-order valence-electron chi connectivity index (χ3n) is 4.48. The van der Waals surface area contributed by atoms with Gasteiger partial charge in [-0.2, -0.15) is 5.10 Å². The Balaban J connectivity index is 2.05. The molecule has 0 bridgehead atoms. The summed E-state index contributed by atoms with van der Waals surface area (Å²) < 4.78 is 3.57. The number of fused-ring (bicyclic) bond motifs is 1. The molecule has 0 atom stereocenters. The van der Waals surface area contributed by atoms with Crippen LogP contribution in [0.2, 0.25) is 0 Å². The van der Waals surface area contributed by atoms with Gasteiger partial charge in [0.25, 0.3) is 5.56 Å². The van der Waals surface area contributed by atoms with E-state index in [0.717, 1.165) is 46.1 Å². The quantitative estimate of drug-likeness (QED) is 0.719. The van der Waals surface area contributed by atoms with Crippen LogP contribution in [-0.2, 0) is 7.05 Å². The summed E-state index contributed by atoms with van der Waals surface area (Å²) in [4.78, 5) is 13.3. The fourth-order valence-electron chi connectivity index (χ4n) is 3.38. The smallest absolute Gasteiger partial charge is 0.263 e. The van der Waals surface area contributed by atoms with Crippen LogP contribution in [0.5, 0.6) is 0 Å². The Labute approximate surface area is 140 Å².